The van der Waals surface area contributed by atoms with E-state index in [1.807, 2.05) is 0 Å². The van der Waals surface area contributed by atoms with Gasteiger partial charge in [-0.3, -0.25) is 4.79 Å². The minimum atomic E-state index is -4.31. The van der Waals surface area contributed by atoms with Gasteiger partial charge >= 0.3 is 12.1 Å². The molecule has 1 aliphatic rings. The molecule has 2 unspecified atom stereocenters. The van der Waals surface area contributed by atoms with Crippen LogP contribution in [0.2, 0.25) is 0 Å². The van der Waals surface area contributed by atoms with Crippen molar-refractivity contribution >= 4 is 5.97 Å². The minimum Gasteiger partial charge on any atom is -0.468 e. The fraction of sp³-hybridized carbons (Fsp3) is 0.500. The average molecular weight is 287 g/mol. The molecule has 110 valence electrons. The van der Waals surface area contributed by atoms with Gasteiger partial charge in [0, 0.05) is 6.54 Å². The monoisotopic (exact) mass is 287 g/mol. The third-order valence-electron chi connectivity index (χ3n) is 3.61. The van der Waals surface area contributed by atoms with Gasteiger partial charge in [0.1, 0.15) is 6.04 Å². The summed E-state index contributed by atoms with van der Waals surface area (Å²) in [6.07, 6.45) is -2.93. The summed E-state index contributed by atoms with van der Waals surface area (Å²) in [6.45, 7) is 0.561. The van der Waals surface area contributed by atoms with Crippen molar-refractivity contribution < 1.29 is 22.7 Å². The van der Waals surface area contributed by atoms with Crippen molar-refractivity contribution in [1.29, 1.82) is 0 Å². The molecule has 2 atom stereocenters. The van der Waals surface area contributed by atoms with Gasteiger partial charge in [0.25, 0.3) is 0 Å². The van der Waals surface area contributed by atoms with Crippen LogP contribution in [0.4, 0.5) is 13.2 Å². The van der Waals surface area contributed by atoms with Crippen LogP contribution in [0.15, 0.2) is 24.3 Å². The van der Waals surface area contributed by atoms with E-state index in [2.05, 4.69) is 10.1 Å². The van der Waals surface area contributed by atoms with Crippen LogP contribution in [0.3, 0.4) is 0 Å². The van der Waals surface area contributed by atoms with Gasteiger partial charge in [-0.05, 0) is 36.5 Å². The minimum absolute atomic E-state index is 0.123. The van der Waals surface area contributed by atoms with Crippen LogP contribution in [0.5, 0.6) is 0 Å². The smallest absolute Gasteiger partial charge is 0.416 e. The highest BCUT2D eigenvalue weighted by atomic mass is 19.4. The summed E-state index contributed by atoms with van der Waals surface area (Å²) in [4.78, 5) is 11.4. The molecular formula is C14H16F3NO2. The first-order chi connectivity index (χ1) is 9.41. The molecule has 6 heteroatoms. The number of carbonyl (C=O) groups excluding carboxylic acids is 1. The molecule has 1 heterocycles. The zero-order valence-electron chi connectivity index (χ0n) is 11.0. The van der Waals surface area contributed by atoms with Crippen LogP contribution in [0.1, 0.15) is 29.9 Å². The number of hydrogen-bond donors (Lipinski definition) is 1. The Morgan fingerprint density at radius 3 is 2.35 bits per heavy atom. The molecule has 0 aliphatic carbocycles. The lowest BCUT2D eigenvalue weighted by molar-refractivity contribution is -0.143. The first-order valence-corrected chi connectivity index (χ1v) is 6.40. The van der Waals surface area contributed by atoms with Gasteiger partial charge in [0.2, 0.25) is 0 Å². The number of hydrogen-bond acceptors (Lipinski definition) is 3. The molecule has 0 aromatic heterocycles. The Morgan fingerprint density at radius 2 is 1.90 bits per heavy atom. The number of methoxy groups -OCH3 is 1. The molecule has 0 spiro atoms. The lowest BCUT2D eigenvalue weighted by Crippen LogP contribution is -2.43. The molecule has 2 rings (SSSR count). The van der Waals surface area contributed by atoms with Crippen LogP contribution in [0.25, 0.3) is 0 Å². The van der Waals surface area contributed by atoms with E-state index in [0.717, 1.165) is 24.1 Å². The van der Waals surface area contributed by atoms with E-state index >= 15 is 0 Å². The lowest BCUT2D eigenvalue weighted by Gasteiger charge is -2.28. The van der Waals surface area contributed by atoms with Crippen LogP contribution in [0, 0.1) is 0 Å². The van der Waals surface area contributed by atoms with Crippen LogP contribution in [-0.2, 0) is 15.7 Å². The highest BCUT2D eigenvalue weighted by Gasteiger charge is 2.31. The summed E-state index contributed by atoms with van der Waals surface area (Å²) < 4.78 is 42.1. The van der Waals surface area contributed by atoms with E-state index in [1.54, 1.807) is 0 Å². The number of rotatable bonds is 2. The van der Waals surface area contributed by atoms with E-state index in [4.69, 9.17) is 0 Å². The summed E-state index contributed by atoms with van der Waals surface area (Å²) in [6, 6.07) is 4.90. The number of piperidine rings is 1. The fourth-order valence-corrected chi connectivity index (χ4v) is 2.43. The number of nitrogens with one attached hydrogen (secondary N) is 1. The van der Waals surface area contributed by atoms with Crippen LogP contribution < -0.4 is 5.32 Å². The Labute approximate surface area is 115 Å². The summed E-state index contributed by atoms with van der Waals surface area (Å²) in [5.74, 6) is -0.172. The van der Waals surface area contributed by atoms with Gasteiger partial charge < -0.3 is 10.1 Å². The van der Waals surface area contributed by atoms with Crippen molar-refractivity contribution in [3.63, 3.8) is 0 Å². The predicted molar refractivity (Wildman–Crippen MR) is 67.2 cm³/mol. The maximum atomic E-state index is 12.5. The molecule has 1 fully saturated rings. The fourth-order valence-electron chi connectivity index (χ4n) is 2.43. The SMILES string of the molecule is COC(=O)C1CCC(c2ccc(C(F)(F)F)cc2)CN1. The quantitative estimate of drug-likeness (QED) is 0.850. The number of ether oxygens (including phenoxy) is 1. The van der Waals surface area contributed by atoms with Crippen molar-refractivity contribution in [3.8, 4) is 0 Å². The highest BCUT2D eigenvalue weighted by molar-refractivity contribution is 5.75. The Hall–Kier alpha value is -1.56. The summed E-state index contributed by atoms with van der Waals surface area (Å²) in [7, 11) is 1.34. The Balaban J connectivity index is 1.99. The second kappa shape index (κ2) is 5.83. The van der Waals surface area contributed by atoms with Crippen molar-refractivity contribution in [2.45, 2.75) is 31.0 Å². The molecular weight excluding hydrogens is 271 g/mol. The molecule has 3 nitrogen and oxygen atoms in total. The molecule has 1 saturated heterocycles. The second-order valence-electron chi connectivity index (χ2n) is 4.88. The van der Waals surface area contributed by atoms with Crippen LogP contribution in [-0.4, -0.2) is 25.7 Å². The summed E-state index contributed by atoms with van der Waals surface area (Å²) >= 11 is 0. The third-order valence-corrected chi connectivity index (χ3v) is 3.61. The first kappa shape index (κ1) is 14.8. The number of carbonyl (C=O) groups is 1. The maximum absolute atomic E-state index is 12.5. The number of alkyl halides is 3. The third kappa shape index (κ3) is 3.30. The Morgan fingerprint density at radius 1 is 1.25 bits per heavy atom. The van der Waals surface area contributed by atoms with Gasteiger partial charge in [0.15, 0.2) is 0 Å². The lowest BCUT2D eigenvalue weighted by atomic mass is 9.88. The van der Waals surface area contributed by atoms with Crippen molar-refractivity contribution in [3.05, 3.63) is 35.4 Å². The standard InChI is InChI=1S/C14H16F3NO2/c1-20-13(19)12-7-4-10(8-18-12)9-2-5-11(6-3-9)14(15,16)17/h2-3,5-6,10,12,18H,4,7-8H2,1H3. The Kier molecular flexibility index (Phi) is 4.32. The van der Waals surface area contributed by atoms with Gasteiger partial charge in [0.05, 0.1) is 12.7 Å². The molecule has 1 aliphatic heterocycles. The van der Waals surface area contributed by atoms with Crippen LogP contribution >= 0.6 is 0 Å². The largest absolute Gasteiger partial charge is 0.468 e. The van der Waals surface area contributed by atoms with Gasteiger partial charge in [-0.25, -0.2) is 0 Å². The van der Waals surface area contributed by atoms with Crippen molar-refractivity contribution in [2.24, 2.45) is 0 Å². The van der Waals surface area contributed by atoms with E-state index in [0.29, 0.717) is 13.0 Å². The molecule has 0 radical (unpaired) electrons. The maximum Gasteiger partial charge on any atom is 0.416 e. The average Bonchev–Trinajstić information content (AvgIpc) is 2.46. The Bertz CT molecular complexity index is 462. The molecule has 0 amide bonds. The van der Waals surface area contributed by atoms with E-state index in [-0.39, 0.29) is 17.9 Å². The van der Waals surface area contributed by atoms with E-state index in [9.17, 15) is 18.0 Å². The van der Waals surface area contributed by atoms with Gasteiger partial charge in [-0.1, -0.05) is 12.1 Å². The number of halogens is 3. The number of esters is 1. The second-order valence-corrected chi connectivity index (χ2v) is 4.88. The van der Waals surface area contributed by atoms with Crippen molar-refractivity contribution in [2.75, 3.05) is 13.7 Å². The summed E-state index contributed by atoms with van der Waals surface area (Å²) in [5.41, 5.74) is 0.214. The molecule has 1 N–H and O–H groups in total. The molecule has 20 heavy (non-hydrogen) atoms. The molecule has 0 saturated carbocycles. The highest BCUT2D eigenvalue weighted by Crippen LogP contribution is 2.31. The zero-order valence-corrected chi connectivity index (χ0v) is 11.0. The molecule has 0 bridgehead atoms. The van der Waals surface area contributed by atoms with E-state index < -0.39 is 11.7 Å². The topological polar surface area (TPSA) is 38.3 Å². The van der Waals surface area contributed by atoms with Gasteiger partial charge in [-0.2, -0.15) is 13.2 Å². The molecule has 1 aromatic carbocycles. The zero-order chi connectivity index (χ0) is 14.8. The van der Waals surface area contributed by atoms with Gasteiger partial charge in [-0.15, -0.1) is 0 Å². The number of benzene rings is 1. The van der Waals surface area contributed by atoms with Crippen molar-refractivity contribution in [1.82, 2.24) is 5.32 Å². The summed E-state index contributed by atoms with van der Waals surface area (Å²) in [5, 5.41) is 3.07. The van der Waals surface area contributed by atoms with E-state index in [1.165, 1.54) is 19.2 Å². The molecule has 1 aromatic rings. The normalized spacial score (nSPS) is 23.4. The predicted octanol–water partition coefficient (Wildman–Crippen LogP) is 2.71. The first-order valence-electron chi connectivity index (χ1n) is 6.40.